The lowest BCUT2D eigenvalue weighted by molar-refractivity contribution is -0.174. The van der Waals surface area contributed by atoms with E-state index < -0.39 is 42.0 Å². The number of esters is 2. The molecule has 2 aromatic carbocycles. The van der Waals surface area contributed by atoms with Crippen LogP contribution in [0.5, 0.6) is 5.75 Å². The van der Waals surface area contributed by atoms with Crippen molar-refractivity contribution >= 4 is 23.8 Å². The molecule has 4 rings (SSSR count). The molecule has 2 aliphatic rings. The van der Waals surface area contributed by atoms with Crippen LogP contribution in [-0.2, 0) is 39.8 Å². The fourth-order valence-corrected chi connectivity index (χ4v) is 5.23. The number of nitrogens with one attached hydrogen (secondary N) is 2. The van der Waals surface area contributed by atoms with E-state index in [0.29, 0.717) is 5.75 Å². The molecule has 2 heterocycles. The van der Waals surface area contributed by atoms with Gasteiger partial charge in [-0.3, -0.25) is 14.4 Å². The molecule has 0 aliphatic carbocycles. The topological polar surface area (TPSA) is 133 Å². The van der Waals surface area contributed by atoms with Gasteiger partial charge in [0.15, 0.2) is 6.10 Å². The zero-order valence-electron chi connectivity index (χ0n) is 25.7. The van der Waals surface area contributed by atoms with E-state index in [4.69, 9.17) is 18.9 Å². The van der Waals surface area contributed by atoms with Crippen LogP contribution >= 0.6 is 0 Å². The highest BCUT2D eigenvalue weighted by Crippen LogP contribution is 2.45. The molecule has 0 saturated carbocycles. The molecule has 0 spiro atoms. The Morgan fingerprint density at radius 3 is 2.36 bits per heavy atom. The van der Waals surface area contributed by atoms with Crippen molar-refractivity contribution in [3.05, 3.63) is 77.9 Å². The lowest BCUT2D eigenvalue weighted by Crippen LogP contribution is -2.48. The van der Waals surface area contributed by atoms with Crippen LogP contribution in [-0.4, -0.2) is 61.8 Å². The molecular weight excluding hydrogens is 564 g/mol. The molecule has 2 N–H and O–H groups in total. The Morgan fingerprint density at radius 2 is 1.68 bits per heavy atom. The number of hydrogen-bond donors (Lipinski definition) is 2. The summed E-state index contributed by atoms with van der Waals surface area (Å²) in [6.45, 7) is 5.77. The lowest BCUT2D eigenvalue weighted by Gasteiger charge is -2.26. The highest BCUT2D eigenvalue weighted by molar-refractivity contribution is 5.93. The van der Waals surface area contributed by atoms with Crippen LogP contribution in [0.15, 0.2) is 66.7 Å². The van der Waals surface area contributed by atoms with Crippen molar-refractivity contribution in [3.63, 3.8) is 0 Å². The third-order valence-electron chi connectivity index (χ3n) is 7.75. The second-order valence-electron chi connectivity index (χ2n) is 11.7. The number of benzene rings is 2. The van der Waals surface area contributed by atoms with E-state index in [0.717, 1.165) is 11.1 Å². The summed E-state index contributed by atoms with van der Waals surface area (Å²) in [5.41, 5.74) is 1.85. The van der Waals surface area contributed by atoms with Gasteiger partial charge in [-0.1, -0.05) is 69.3 Å². The Labute approximate surface area is 258 Å². The van der Waals surface area contributed by atoms with E-state index in [1.807, 2.05) is 63.2 Å². The van der Waals surface area contributed by atoms with Crippen molar-refractivity contribution in [2.75, 3.05) is 13.7 Å². The second-order valence-corrected chi connectivity index (χ2v) is 11.7. The summed E-state index contributed by atoms with van der Waals surface area (Å²) in [5.74, 6) is -1.67. The summed E-state index contributed by atoms with van der Waals surface area (Å²) in [7, 11) is 1.57. The molecule has 2 aliphatic heterocycles. The highest BCUT2D eigenvalue weighted by Gasteiger charge is 2.47. The molecule has 10 heteroatoms. The van der Waals surface area contributed by atoms with Crippen LogP contribution in [0.4, 0.5) is 0 Å². The summed E-state index contributed by atoms with van der Waals surface area (Å²) in [5, 5.41) is 5.47. The Hall–Kier alpha value is -4.18. The summed E-state index contributed by atoms with van der Waals surface area (Å²) >= 11 is 0. The van der Waals surface area contributed by atoms with E-state index >= 15 is 0 Å². The third kappa shape index (κ3) is 9.41. The maximum Gasteiger partial charge on any atom is 0.347 e. The number of rotatable bonds is 8. The number of amides is 2. The maximum atomic E-state index is 13.3. The smallest absolute Gasteiger partial charge is 0.347 e. The Balaban J connectivity index is 1.54. The largest absolute Gasteiger partial charge is 0.497 e. The van der Waals surface area contributed by atoms with Crippen molar-refractivity contribution in [2.24, 2.45) is 11.8 Å². The van der Waals surface area contributed by atoms with Crippen LogP contribution in [0.25, 0.3) is 0 Å². The van der Waals surface area contributed by atoms with Gasteiger partial charge in [0.25, 0.3) is 0 Å². The van der Waals surface area contributed by atoms with Gasteiger partial charge in [-0.25, -0.2) is 4.79 Å². The lowest BCUT2D eigenvalue weighted by atomic mass is 9.93. The van der Waals surface area contributed by atoms with Crippen molar-refractivity contribution < 1.29 is 38.1 Å². The van der Waals surface area contributed by atoms with Gasteiger partial charge >= 0.3 is 11.9 Å². The van der Waals surface area contributed by atoms with E-state index in [-0.39, 0.29) is 56.3 Å². The molecule has 6 atom stereocenters. The zero-order chi connectivity index (χ0) is 31.6. The molecular formula is C34H42N2O8. The molecule has 236 valence electrons. The first-order chi connectivity index (χ1) is 21.1. The van der Waals surface area contributed by atoms with Crippen LogP contribution in [0.2, 0.25) is 0 Å². The van der Waals surface area contributed by atoms with Gasteiger partial charge in [-0.2, -0.15) is 0 Å². The number of carbonyl (C=O) groups is 4. The monoisotopic (exact) mass is 606 g/mol. The minimum Gasteiger partial charge on any atom is -0.497 e. The van der Waals surface area contributed by atoms with Gasteiger partial charge in [-0.15, -0.1) is 0 Å². The molecule has 0 bridgehead atoms. The fourth-order valence-electron chi connectivity index (χ4n) is 5.23. The standard InChI is InChI=1S/C34H42N2O8/c1-21(2)19-28-34(40)43-27(22(3)31-32(44-31)24-9-6-5-7-10-24)11-8-12-29(37)36-26(33(39)35-18-17-30(38)42-28)20-23-13-15-25(41-4)16-14-23/h5-10,12-16,21-22,26-28,31-32H,11,17-20H2,1-4H3,(H,35,39)(H,36,37)/b12-8+/t22?,26-,27?,28+,31?,32?/m1/s1. The van der Waals surface area contributed by atoms with E-state index in [1.165, 1.54) is 6.08 Å². The van der Waals surface area contributed by atoms with Gasteiger partial charge in [0, 0.05) is 25.3 Å². The molecule has 44 heavy (non-hydrogen) atoms. The SMILES string of the molecule is COc1ccc(C[C@H]2NC(=O)/C=C/CC(C(C)C3OC3c3ccccc3)OC(=O)[C@H](CC(C)C)OC(=O)CCNC2=O)cc1. The van der Waals surface area contributed by atoms with Gasteiger partial charge in [0.1, 0.15) is 24.0 Å². The van der Waals surface area contributed by atoms with Crippen LogP contribution in [0.1, 0.15) is 57.3 Å². The number of cyclic esters (lactones) is 2. The first kappa shape index (κ1) is 32.7. The Kier molecular flexibility index (Phi) is 11.5. The van der Waals surface area contributed by atoms with Crippen molar-refractivity contribution in [3.8, 4) is 5.75 Å². The quantitative estimate of drug-likeness (QED) is 0.342. The van der Waals surface area contributed by atoms with E-state index in [9.17, 15) is 19.2 Å². The predicted molar refractivity (Wildman–Crippen MR) is 162 cm³/mol. The predicted octanol–water partition coefficient (Wildman–Crippen LogP) is 3.83. The number of hydrogen-bond acceptors (Lipinski definition) is 8. The first-order valence-corrected chi connectivity index (χ1v) is 15.1. The number of epoxide rings is 1. The second kappa shape index (κ2) is 15.5. The maximum absolute atomic E-state index is 13.3. The summed E-state index contributed by atoms with van der Waals surface area (Å²) in [6, 6.07) is 16.1. The van der Waals surface area contributed by atoms with Crippen LogP contribution < -0.4 is 15.4 Å². The fraction of sp³-hybridized carbons (Fsp3) is 0.471. The van der Waals surface area contributed by atoms with Crippen molar-refractivity contribution in [1.82, 2.24) is 10.6 Å². The van der Waals surface area contributed by atoms with E-state index in [1.54, 1.807) is 25.3 Å². The van der Waals surface area contributed by atoms with Crippen molar-refractivity contribution in [2.45, 2.75) is 76.9 Å². The van der Waals surface area contributed by atoms with Crippen LogP contribution in [0.3, 0.4) is 0 Å². The van der Waals surface area contributed by atoms with E-state index in [2.05, 4.69) is 10.6 Å². The van der Waals surface area contributed by atoms with Gasteiger partial charge in [-0.05, 0) is 41.7 Å². The average Bonchev–Trinajstić information content (AvgIpc) is 3.81. The summed E-state index contributed by atoms with van der Waals surface area (Å²) in [4.78, 5) is 52.2. The minimum atomic E-state index is -1.10. The zero-order valence-corrected chi connectivity index (χ0v) is 25.7. The highest BCUT2D eigenvalue weighted by atomic mass is 16.6. The van der Waals surface area contributed by atoms with Gasteiger partial charge < -0.3 is 29.6 Å². The van der Waals surface area contributed by atoms with Crippen molar-refractivity contribution in [1.29, 1.82) is 0 Å². The minimum absolute atomic E-state index is 0.0223. The Morgan fingerprint density at radius 1 is 0.955 bits per heavy atom. The number of ether oxygens (including phenoxy) is 4. The summed E-state index contributed by atoms with van der Waals surface area (Å²) in [6.07, 6.45) is 1.50. The molecule has 4 unspecified atom stereocenters. The first-order valence-electron chi connectivity index (χ1n) is 15.1. The normalized spacial score (nSPS) is 26.5. The van der Waals surface area contributed by atoms with Gasteiger partial charge in [0.2, 0.25) is 11.8 Å². The molecule has 2 amide bonds. The van der Waals surface area contributed by atoms with Gasteiger partial charge in [0.05, 0.1) is 19.6 Å². The third-order valence-corrected chi connectivity index (χ3v) is 7.75. The molecule has 1 fully saturated rings. The summed E-state index contributed by atoms with van der Waals surface area (Å²) < 4.78 is 22.7. The molecule has 10 nitrogen and oxygen atoms in total. The molecule has 0 aromatic heterocycles. The number of carbonyl (C=O) groups excluding carboxylic acids is 4. The molecule has 0 radical (unpaired) electrons. The Bertz CT molecular complexity index is 1310. The van der Waals surface area contributed by atoms with Crippen LogP contribution in [0, 0.1) is 11.8 Å². The average molecular weight is 607 g/mol. The molecule has 2 aromatic rings. The molecule has 1 saturated heterocycles. The number of methoxy groups -OCH3 is 1.